The zero-order valence-electron chi connectivity index (χ0n) is 13.7. The number of amides is 1. The lowest BCUT2D eigenvalue weighted by atomic mass is 9.93. The Balaban J connectivity index is 1.44. The van der Waals surface area contributed by atoms with Crippen molar-refractivity contribution in [2.75, 3.05) is 37.4 Å². The van der Waals surface area contributed by atoms with Crippen LogP contribution >= 0.6 is 0 Å². The van der Waals surface area contributed by atoms with E-state index in [1.54, 1.807) is 0 Å². The molecule has 1 amide bonds. The summed E-state index contributed by atoms with van der Waals surface area (Å²) in [6.07, 6.45) is 5.77. The van der Waals surface area contributed by atoms with E-state index < -0.39 is 0 Å². The molecule has 1 N–H and O–H groups in total. The fourth-order valence-corrected chi connectivity index (χ4v) is 3.28. The van der Waals surface area contributed by atoms with Gasteiger partial charge in [0.05, 0.1) is 0 Å². The fourth-order valence-electron chi connectivity index (χ4n) is 3.28. The van der Waals surface area contributed by atoms with Gasteiger partial charge in [-0.2, -0.15) is 0 Å². The van der Waals surface area contributed by atoms with E-state index >= 15 is 0 Å². The summed E-state index contributed by atoms with van der Waals surface area (Å²) in [6, 6.07) is 8.88. The van der Waals surface area contributed by atoms with Gasteiger partial charge in [0.1, 0.15) is 0 Å². The normalized spacial score (nSPS) is 19.9. The Hall–Kier alpha value is -1.55. The number of carbonyl (C=O) groups is 1. The van der Waals surface area contributed by atoms with E-state index in [9.17, 15) is 4.79 Å². The highest BCUT2D eigenvalue weighted by molar-refractivity contribution is 5.91. The molecule has 1 aromatic carbocycles. The summed E-state index contributed by atoms with van der Waals surface area (Å²) in [7, 11) is 4.03. The lowest BCUT2D eigenvalue weighted by Gasteiger charge is -2.31. The second-order valence-corrected chi connectivity index (χ2v) is 6.90. The molecule has 4 nitrogen and oxygen atoms in total. The van der Waals surface area contributed by atoms with Crippen molar-refractivity contribution in [2.24, 2.45) is 5.92 Å². The molecular formula is C18H27N3O. The number of nitrogens with zero attached hydrogens (tertiary/aromatic N) is 2. The Labute approximate surface area is 133 Å². The largest absolute Gasteiger partial charge is 0.378 e. The predicted molar refractivity (Wildman–Crippen MR) is 91.3 cm³/mol. The fraction of sp³-hybridized carbons (Fsp3) is 0.611. The molecular weight excluding hydrogens is 274 g/mol. The summed E-state index contributed by atoms with van der Waals surface area (Å²) in [6.45, 7) is 2.36. The van der Waals surface area contributed by atoms with E-state index in [-0.39, 0.29) is 5.91 Å². The number of anilines is 2. The molecule has 1 saturated carbocycles. The summed E-state index contributed by atoms with van der Waals surface area (Å²) in [5, 5.41) is 3.03. The van der Waals surface area contributed by atoms with Gasteiger partial charge in [-0.15, -0.1) is 0 Å². The molecule has 120 valence electrons. The Morgan fingerprint density at radius 2 is 1.77 bits per heavy atom. The van der Waals surface area contributed by atoms with Crippen LogP contribution in [0.15, 0.2) is 24.3 Å². The van der Waals surface area contributed by atoms with Gasteiger partial charge in [-0.3, -0.25) is 4.79 Å². The van der Waals surface area contributed by atoms with Gasteiger partial charge in [-0.05, 0) is 69.0 Å². The lowest BCUT2D eigenvalue weighted by molar-refractivity contribution is -0.117. The number of carbonyl (C=O) groups excluding carboxylic acids is 1. The molecule has 0 aromatic heterocycles. The first-order chi connectivity index (χ1) is 10.6. The Morgan fingerprint density at radius 1 is 1.14 bits per heavy atom. The highest BCUT2D eigenvalue weighted by Crippen LogP contribution is 2.31. The molecule has 0 radical (unpaired) electrons. The van der Waals surface area contributed by atoms with Crippen molar-refractivity contribution in [3.63, 3.8) is 0 Å². The van der Waals surface area contributed by atoms with E-state index in [1.165, 1.54) is 38.8 Å². The zero-order valence-corrected chi connectivity index (χ0v) is 13.7. The van der Waals surface area contributed by atoms with Gasteiger partial charge in [0, 0.05) is 37.9 Å². The summed E-state index contributed by atoms with van der Waals surface area (Å²) >= 11 is 0. The summed E-state index contributed by atoms with van der Waals surface area (Å²) in [4.78, 5) is 16.9. The van der Waals surface area contributed by atoms with Gasteiger partial charge in [0.15, 0.2) is 0 Å². The molecule has 1 aliphatic heterocycles. The number of likely N-dealkylation sites (tertiary alicyclic amines) is 1. The molecule has 1 aromatic rings. The summed E-state index contributed by atoms with van der Waals surface area (Å²) in [5.74, 6) is 0.707. The minimum Gasteiger partial charge on any atom is -0.378 e. The molecule has 0 bridgehead atoms. The van der Waals surface area contributed by atoms with E-state index in [2.05, 4.69) is 15.1 Å². The van der Waals surface area contributed by atoms with Crippen LogP contribution in [0.4, 0.5) is 11.4 Å². The van der Waals surface area contributed by atoms with Crippen LogP contribution in [0.25, 0.3) is 0 Å². The van der Waals surface area contributed by atoms with E-state index in [1.807, 2.05) is 38.4 Å². The third-order valence-electron chi connectivity index (χ3n) is 4.85. The van der Waals surface area contributed by atoms with Gasteiger partial charge >= 0.3 is 0 Å². The maximum atomic E-state index is 12.2. The van der Waals surface area contributed by atoms with Crippen molar-refractivity contribution in [1.82, 2.24) is 4.90 Å². The third-order valence-corrected chi connectivity index (χ3v) is 4.85. The summed E-state index contributed by atoms with van der Waals surface area (Å²) in [5.41, 5.74) is 2.04. The highest BCUT2D eigenvalue weighted by atomic mass is 16.1. The second-order valence-electron chi connectivity index (χ2n) is 6.90. The number of nitrogens with one attached hydrogen (secondary N) is 1. The molecule has 0 unspecified atom stereocenters. The van der Waals surface area contributed by atoms with Crippen molar-refractivity contribution < 1.29 is 4.79 Å². The standard InChI is InChI=1S/C18H27N3O/c1-20(2)16-5-3-15(4-6-16)19-18(22)13-14-9-11-21(12-10-14)17-7-8-17/h3-6,14,17H,7-13H2,1-2H3,(H,19,22). The SMILES string of the molecule is CN(C)c1ccc(NC(=O)CC2CCN(C3CC3)CC2)cc1. The van der Waals surface area contributed by atoms with Crippen LogP contribution < -0.4 is 10.2 Å². The average Bonchev–Trinajstić information content (AvgIpc) is 3.33. The highest BCUT2D eigenvalue weighted by Gasteiger charge is 2.32. The molecule has 1 saturated heterocycles. The molecule has 3 rings (SSSR count). The van der Waals surface area contributed by atoms with Crippen LogP contribution in [0, 0.1) is 5.92 Å². The Kier molecular flexibility index (Phi) is 4.67. The average molecular weight is 301 g/mol. The number of rotatable bonds is 5. The first kappa shape index (κ1) is 15.3. The first-order valence-electron chi connectivity index (χ1n) is 8.43. The van der Waals surface area contributed by atoms with Crippen LogP contribution in [0.2, 0.25) is 0 Å². The molecule has 22 heavy (non-hydrogen) atoms. The third kappa shape index (κ3) is 4.01. The zero-order chi connectivity index (χ0) is 15.5. The van der Waals surface area contributed by atoms with Gasteiger partial charge in [0.2, 0.25) is 5.91 Å². The van der Waals surface area contributed by atoms with Gasteiger partial charge in [0.25, 0.3) is 0 Å². The Bertz CT molecular complexity index is 500. The van der Waals surface area contributed by atoms with Crippen LogP contribution in [-0.4, -0.2) is 44.0 Å². The molecule has 0 atom stereocenters. The smallest absolute Gasteiger partial charge is 0.224 e. The number of hydrogen-bond donors (Lipinski definition) is 1. The van der Waals surface area contributed by atoms with Crippen LogP contribution in [-0.2, 0) is 4.79 Å². The molecule has 2 aliphatic rings. The van der Waals surface area contributed by atoms with Gasteiger partial charge in [-0.1, -0.05) is 0 Å². The Morgan fingerprint density at radius 3 is 2.32 bits per heavy atom. The van der Waals surface area contributed by atoms with Gasteiger partial charge in [-0.25, -0.2) is 0 Å². The maximum Gasteiger partial charge on any atom is 0.224 e. The minimum atomic E-state index is 0.155. The molecule has 1 aliphatic carbocycles. The minimum absolute atomic E-state index is 0.155. The van der Waals surface area contributed by atoms with E-state index in [0.717, 1.165) is 17.4 Å². The van der Waals surface area contributed by atoms with Crippen LogP contribution in [0.1, 0.15) is 32.1 Å². The lowest BCUT2D eigenvalue weighted by Crippen LogP contribution is -2.36. The second kappa shape index (κ2) is 6.69. The maximum absolute atomic E-state index is 12.2. The summed E-state index contributed by atoms with van der Waals surface area (Å²) < 4.78 is 0. The topological polar surface area (TPSA) is 35.6 Å². The van der Waals surface area contributed by atoms with Crippen molar-refractivity contribution in [2.45, 2.75) is 38.1 Å². The van der Waals surface area contributed by atoms with E-state index in [4.69, 9.17) is 0 Å². The number of piperidine rings is 1. The van der Waals surface area contributed by atoms with E-state index in [0.29, 0.717) is 12.3 Å². The number of hydrogen-bond acceptors (Lipinski definition) is 3. The molecule has 2 fully saturated rings. The van der Waals surface area contributed by atoms with Crippen LogP contribution in [0.5, 0.6) is 0 Å². The monoisotopic (exact) mass is 301 g/mol. The van der Waals surface area contributed by atoms with Crippen molar-refractivity contribution in [3.05, 3.63) is 24.3 Å². The molecule has 1 heterocycles. The molecule has 0 spiro atoms. The molecule has 4 heteroatoms. The van der Waals surface area contributed by atoms with Crippen molar-refractivity contribution in [3.8, 4) is 0 Å². The van der Waals surface area contributed by atoms with Gasteiger partial charge < -0.3 is 15.1 Å². The first-order valence-corrected chi connectivity index (χ1v) is 8.43. The number of benzene rings is 1. The van der Waals surface area contributed by atoms with Crippen LogP contribution in [0.3, 0.4) is 0 Å². The van der Waals surface area contributed by atoms with Crippen molar-refractivity contribution >= 4 is 17.3 Å². The quantitative estimate of drug-likeness (QED) is 0.908. The van der Waals surface area contributed by atoms with Crippen molar-refractivity contribution in [1.29, 1.82) is 0 Å². The predicted octanol–water partition coefficient (Wildman–Crippen LogP) is 2.96.